The maximum absolute atomic E-state index is 13.3. The second kappa shape index (κ2) is 10.5. The maximum atomic E-state index is 13.3. The van der Waals surface area contributed by atoms with Crippen molar-refractivity contribution < 1.29 is 14.6 Å². The van der Waals surface area contributed by atoms with Gasteiger partial charge in [0.1, 0.15) is 6.10 Å². The van der Waals surface area contributed by atoms with Gasteiger partial charge in [0.25, 0.3) is 0 Å². The average molecular weight is 507 g/mol. The molecule has 3 fully saturated rings. The van der Waals surface area contributed by atoms with Crippen LogP contribution in [-0.2, 0) is 4.74 Å². The minimum Gasteiger partial charge on any atom is -0.454 e. The zero-order valence-electron chi connectivity index (χ0n) is 23.9. The normalized spacial score (nSPS) is 39.8. The molecule has 1 aromatic carbocycles. The van der Waals surface area contributed by atoms with Crippen LogP contribution in [0.3, 0.4) is 0 Å². The number of carbonyl (C=O) groups excluding carboxylic acids is 1. The molecule has 1 aromatic rings. The standard InChI is InChI=1S/C34H50O3/c1-22(2)10-9-11-23(3)27-14-15-28-31-29(17-19-34(27,28)5)33(4)18-16-26(35)20-25(33)21-30(31)37-32(36)24-12-7-6-8-13-24/h6-8,12-13,21-23,26-31,35H,9-11,14-20H2,1-5H3/t23-,26-,27-,28+,29+,30+,31+,33-,34+/m0/s1. The smallest absolute Gasteiger partial charge is 0.338 e. The van der Waals surface area contributed by atoms with Gasteiger partial charge in [-0.05, 0) is 104 Å². The molecule has 0 aliphatic heterocycles. The molecule has 4 aliphatic carbocycles. The van der Waals surface area contributed by atoms with Gasteiger partial charge in [-0.2, -0.15) is 0 Å². The van der Waals surface area contributed by atoms with Crippen molar-refractivity contribution in [3.8, 4) is 0 Å². The molecular weight excluding hydrogens is 456 g/mol. The molecule has 3 saturated carbocycles. The van der Waals surface area contributed by atoms with Crippen molar-refractivity contribution in [2.75, 3.05) is 0 Å². The summed E-state index contributed by atoms with van der Waals surface area (Å²) in [6.07, 6.45) is 13.6. The fraction of sp³-hybridized carbons (Fsp3) is 0.735. The minimum atomic E-state index is -0.266. The Bertz CT molecular complexity index is 982. The third-order valence-electron chi connectivity index (χ3n) is 11.5. The van der Waals surface area contributed by atoms with E-state index in [-0.39, 0.29) is 23.6 Å². The topological polar surface area (TPSA) is 46.5 Å². The van der Waals surface area contributed by atoms with Crippen molar-refractivity contribution in [3.05, 3.63) is 47.5 Å². The first kappa shape index (κ1) is 27.0. The molecule has 4 aliphatic rings. The van der Waals surface area contributed by atoms with Gasteiger partial charge in [-0.25, -0.2) is 4.79 Å². The van der Waals surface area contributed by atoms with Crippen molar-refractivity contribution in [3.63, 3.8) is 0 Å². The number of aliphatic hydroxyl groups is 1. The Hall–Kier alpha value is -1.61. The molecule has 1 N–H and O–H groups in total. The number of carbonyl (C=O) groups is 1. The SMILES string of the molecule is CC(C)CCC[C@H](C)[C@@H]1CC[C@@H]2[C@@H]3[C@@H](CC[C@@]21C)[C@@]1(C)CC[C@H](O)CC1=C[C@H]3OC(=O)c1ccccc1. The van der Waals surface area contributed by atoms with E-state index < -0.39 is 0 Å². The second-order valence-electron chi connectivity index (χ2n) is 14.1. The Kier molecular flexibility index (Phi) is 7.66. The highest BCUT2D eigenvalue weighted by molar-refractivity contribution is 5.89. The molecule has 3 nitrogen and oxygen atoms in total. The summed E-state index contributed by atoms with van der Waals surface area (Å²) in [4.78, 5) is 13.3. The molecule has 0 bridgehead atoms. The van der Waals surface area contributed by atoms with Gasteiger partial charge < -0.3 is 9.84 Å². The lowest BCUT2D eigenvalue weighted by Gasteiger charge is -2.59. The van der Waals surface area contributed by atoms with Crippen LogP contribution in [0.1, 0.15) is 109 Å². The number of esters is 1. The first-order valence-corrected chi connectivity index (χ1v) is 15.3. The van der Waals surface area contributed by atoms with E-state index in [0.717, 1.165) is 37.0 Å². The van der Waals surface area contributed by atoms with Gasteiger partial charge in [-0.1, -0.05) is 77.7 Å². The summed E-state index contributed by atoms with van der Waals surface area (Å²) >= 11 is 0. The number of rotatable bonds is 7. The Morgan fingerprint density at radius 3 is 2.49 bits per heavy atom. The summed E-state index contributed by atoms with van der Waals surface area (Å²) in [5.41, 5.74) is 2.43. The highest BCUT2D eigenvalue weighted by Crippen LogP contribution is 2.67. The van der Waals surface area contributed by atoms with E-state index in [2.05, 4.69) is 40.7 Å². The van der Waals surface area contributed by atoms with Crippen LogP contribution in [-0.4, -0.2) is 23.3 Å². The van der Waals surface area contributed by atoms with E-state index >= 15 is 0 Å². The molecule has 0 radical (unpaired) electrons. The maximum Gasteiger partial charge on any atom is 0.338 e. The number of benzene rings is 1. The van der Waals surface area contributed by atoms with E-state index in [1.165, 1.54) is 50.5 Å². The Labute approximate surface area is 225 Å². The van der Waals surface area contributed by atoms with Crippen molar-refractivity contribution in [2.45, 2.75) is 111 Å². The molecule has 3 heteroatoms. The monoisotopic (exact) mass is 506 g/mol. The highest BCUT2D eigenvalue weighted by atomic mass is 16.5. The second-order valence-corrected chi connectivity index (χ2v) is 14.1. The molecule has 0 saturated heterocycles. The molecule has 0 unspecified atom stereocenters. The van der Waals surface area contributed by atoms with Gasteiger partial charge in [-0.3, -0.25) is 0 Å². The van der Waals surface area contributed by atoms with Gasteiger partial charge in [0.15, 0.2) is 0 Å². The van der Waals surface area contributed by atoms with Crippen LogP contribution in [0.25, 0.3) is 0 Å². The summed E-state index contributed by atoms with van der Waals surface area (Å²) in [6.45, 7) is 12.2. The lowest BCUT2D eigenvalue weighted by molar-refractivity contribution is -0.101. The fourth-order valence-corrected chi connectivity index (χ4v) is 9.51. The molecule has 9 atom stereocenters. The summed E-state index contributed by atoms with van der Waals surface area (Å²) in [5.74, 6) is 3.61. The van der Waals surface area contributed by atoms with Crippen LogP contribution < -0.4 is 0 Å². The van der Waals surface area contributed by atoms with Crippen LogP contribution in [0.5, 0.6) is 0 Å². The third-order valence-corrected chi connectivity index (χ3v) is 11.5. The molecule has 0 heterocycles. The molecule has 0 spiro atoms. The van der Waals surface area contributed by atoms with Gasteiger partial charge in [0, 0.05) is 5.92 Å². The van der Waals surface area contributed by atoms with Crippen molar-refractivity contribution >= 4 is 5.97 Å². The van der Waals surface area contributed by atoms with E-state index in [1.807, 2.05) is 30.3 Å². The lowest BCUT2D eigenvalue weighted by atomic mass is 9.46. The lowest BCUT2D eigenvalue weighted by Crippen LogP contribution is -2.55. The van der Waals surface area contributed by atoms with Crippen LogP contribution in [0.4, 0.5) is 0 Å². The predicted molar refractivity (Wildman–Crippen MR) is 150 cm³/mol. The van der Waals surface area contributed by atoms with Gasteiger partial charge in [0.05, 0.1) is 11.7 Å². The predicted octanol–water partition coefficient (Wildman–Crippen LogP) is 8.22. The van der Waals surface area contributed by atoms with Crippen LogP contribution in [0.15, 0.2) is 42.0 Å². The quantitative estimate of drug-likeness (QED) is 0.299. The zero-order chi connectivity index (χ0) is 26.4. The Balaban J connectivity index is 1.44. The number of fused-ring (bicyclic) bond motifs is 5. The number of hydrogen-bond acceptors (Lipinski definition) is 3. The summed E-state index contributed by atoms with van der Waals surface area (Å²) in [5, 5.41) is 10.5. The average Bonchev–Trinajstić information content (AvgIpc) is 3.22. The molecule has 37 heavy (non-hydrogen) atoms. The highest BCUT2D eigenvalue weighted by Gasteiger charge is 2.62. The largest absolute Gasteiger partial charge is 0.454 e. The van der Waals surface area contributed by atoms with E-state index in [4.69, 9.17) is 4.74 Å². The Morgan fingerprint density at radius 1 is 1.00 bits per heavy atom. The molecular formula is C34H50O3. The first-order valence-electron chi connectivity index (χ1n) is 15.3. The molecule has 204 valence electrons. The third kappa shape index (κ3) is 4.95. The Morgan fingerprint density at radius 2 is 1.76 bits per heavy atom. The number of ether oxygens (including phenoxy) is 1. The molecule has 5 rings (SSSR count). The van der Waals surface area contributed by atoms with Crippen LogP contribution in [0, 0.1) is 46.3 Å². The van der Waals surface area contributed by atoms with Crippen LogP contribution in [0.2, 0.25) is 0 Å². The van der Waals surface area contributed by atoms with Crippen molar-refractivity contribution in [2.24, 2.45) is 46.3 Å². The van der Waals surface area contributed by atoms with E-state index in [1.54, 1.807) is 0 Å². The summed E-state index contributed by atoms with van der Waals surface area (Å²) < 4.78 is 6.42. The zero-order valence-corrected chi connectivity index (χ0v) is 23.9. The number of hydrogen-bond donors (Lipinski definition) is 1. The van der Waals surface area contributed by atoms with Crippen molar-refractivity contribution in [1.29, 1.82) is 0 Å². The molecule has 0 amide bonds. The van der Waals surface area contributed by atoms with Crippen LogP contribution >= 0.6 is 0 Å². The molecule has 0 aromatic heterocycles. The van der Waals surface area contributed by atoms with Crippen molar-refractivity contribution in [1.82, 2.24) is 0 Å². The summed E-state index contributed by atoms with van der Waals surface area (Å²) in [6, 6.07) is 9.48. The van der Waals surface area contributed by atoms with E-state index in [0.29, 0.717) is 28.7 Å². The minimum absolute atomic E-state index is 0.127. The van der Waals surface area contributed by atoms with E-state index in [9.17, 15) is 9.90 Å². The number of aliphatic hydroxyl groups excluding tert-OH is 1. The van der Waals surface area contributed by atoms with Gasteiger partial charge >= 0.3 is 5.97 Å². The summed E-state index contributed by atoms with van der Waals surface area (Å²) in [7, 11) is 0. The fourth-order valence-electron chi connectivity index (χ4n) is 9.51. The van der Waals surface area contributed by atoms with Gasteiger partial charge in [0.2, 0.25) is 0 Å². The van der Waals surface area contributed by atoms with Gasteiger partial charge in [-0.15, -0.1) is 0 Å². The first-order chi connectivity index (χ1) is 17.6.